The van der Waals surface area contributed by atoms with Gasteiger partial charge in [0.1, 0.15) is 0 Å². The summed E-state index contributed by atoms with van der Waals surface area (Å²) in [4.78, 5) is 4.99. The third-order valence-electron chi connectivity index (χ3n) is 18.3. The average molecular weight is 1150 g/mol. The molecule has 0 bridgehead atoms. The van der Waals surface area contributed by atoms with Crippen LogP contribution in [0.15, 0.2) is 265 Å². The Labute approximate surface area is 526 Å². The molecule has 88 heavy (non-hydrogen) atoms. The van der Waals surface area contributed by atoms with Gasteiger partial charge in [-0.2, -0.15) is 0 Å². The number of nitrogens with zero attached hydrogens (tertiary/aromatic N) is 2. The molecule has 5 aliphatic rings. The molecule has 438 valence electrons. The second kappa shape index (κ2) is 28.1. The van der Waals surface area contributed by atoms with Gasteiger partial charge in [-0.15, -0.1) is 0 Å². The highest BCUT2D eigenvalue weighted by molar-refractivity contribution is 5.83. The van der Waals surface area contributed by atoms with E-state index in [1.165, 1.54) is 112 Å². The van der Waals surface area contributed by atoms with Gasteiger partial charge in [0, 0.05) is 28.5 Å². The maximum absolute atomic E-state index is 3.87. The summed E-state index contributed by atoms with van der Waals surface area (Å²) >= 11 is 0. The number of aryl methyl sites for hydroxylation is 5. The number of hydrogen-bond acceptors (Lipinski definition) is 2. The summed E-state index contributed by atoms with van der Waals surface area (Å²) in [7, 11) is 0. The second-order valence-corrected chi connectivity index (χ2v) is 24.9. The van der Waals surface area contributed by atoms with Gasteiger partial charge in [-0.3, -0.25) is 0 Å². The van der Waals surface area contributed by atoms with Crippen molar-refractivity contribution in [1.82, 2.24) is 0 Å². The fourth-order valence-corrected chi connectivity index (χ4v) is 13.0. The van der Waals surface area contributed by atoms with Crippen LogP contribution in [0.25, 0.3) is 29.4 Å². The van der Waals surface area contributed by atoms with Crippen LogP contribution in [0.4, 0.5) is 17.1 Å². The lowest BCUT2D eigenvalue weighted by Gasteiger charge is -2.34. The summed E-state index contributed by atoms with van der Waals surface area (Å²) in [5.41, 5.74) is 28.4. The molecule has 12 rings (SSSR count). The Morgan fingerprint density at radius 1 is 0.625 bits per heavy atom. The third kappa shape index (κ3) is 14.5. The van der Waals surface area contributed by atoms with E-state index in [-0.39, 0.29) is 12.0 Å². The first-order valence-electron chi connectivity index (χ1n) is 32.5. The Kier molecular flexibility index (Phi) is 18.9. The first-order chi connectivity index (χ1) is 43.2. The van der Waals surface area contributed by atoms with Crippen LogP contribution in [-0.4, -0.2) is 6.04 Å². The average Bonchev–Trinajstić information content (AvgIpc) is 3.55. The van der Waals surface area contributed by atoms with E-state index >= 15 is 0 Å². The molecule has 0 aromatic heterocycles. The highest BCUT2D eigenvalue weighted by atomic mass is 15.2. The summed E-state index contributed by atoms with van der Waals surface area (Å²) < 4.78 is 0. The van der Waals surface area contributed by atoms with Gasteiger partial charge in [0.25, 0.3) is 0 Å². The summed E-state index contributed by atoms with van der Waals surface area (Å²) in [6.45, 7) is 11.1. The van der Waals surface area contributed by atoms with Crippen molar-refractivity contribution in [2.45, 2.75) is 124 Å². The zero-order valence-electron chi connectivity index (χ0n) is 52.4. The van der Waals surface area contributed by atoms with Crippen LogP contribution in [0.5, 0.6) is 0 Å². The minimum Gasteiger partial charge on any atom is -0.331 e. The molecule has 7 aromatic rings. The number of anilines is 3. The van der Waals surface area contributed by atoms with Crippen LogP contribution in [-0.2, 0) is 19.3 Å². The molecule has 2 atom stereocenters. The topological polar surface area (TPSA) is 6.48 Å². The molecule has 7 aromatic carbocycles. The van der Waals surface area contributed by atoms with Crippen molar-refractivity contribution in [2.24, 2.45) is 5.92 Å². The van der Waals surface area contributed by atoms with Crippen molar-refractivity contribution in [3.63, 3.8) is 0 Å². The minimum atomic E-state index is 0.0746. The van der Waals surface area contributed by atoms with Gasteiger partial charge in [-0.25, -0.2) is 0 Å². The maximum Gasteiger partial charge on any atom is 0.0955 e. The molecule has 0 amide bonds. The van der Waals surface area contributed by atoms with E-state index in [1.54, 1.807) is 0 Å². The van der Waals surface area contributed by atoms with Gasteiger partial charge in [-0.05, 0) is 235 Å². The fraction of sp³-hybridized carbons (Fsp3) is 0.233. The van der Waals surface area contributed by atoms with Gasteiger partial charge in [-0.1, -0.05) is 250 Å². The lowest BCUT2D eigenvalue weighted by molar-refractivity contribution is 0.683. The molecule has 0 heterocycles. The zero-order valence-corrected chi connectivity index (χ0v) is 52.4. The van der Waals surface area contributed by atoms with Gasteiger partial charge < -0.3 is 9.80 Å². The Balaban J connectivity index is 0.775. The van der Waals surface area contributed by atoms with Gasteiger partial charge in [0.15, 0.2) is 0 Å². The smallest absolute Gasteiger partial charge is 0.0955 e. The first-order valence-corrected chi connectivity index (χ1v) is 32.5. The molecule has 2 heteroatoms. The molecule has 0 spiro atoms. The lowest BCUT2D eigenvalue weighted by Crippen LogP contribution is -2.34. The molecular formula is C86H84N2. The molecular weight excluding hydrogens is 1060 g/mol. The normalized spacial score (nSPS) is 17.5. The summed E-state index contributed by atoms with van der Waals surface area (Å²) in [5, 5.41) is 0. The van der Waals surface area contributed by atoms with E-state index in [1.807, 2.05) is 0 Å². The fourth-order valence-electron chi connectivity index (χ4n) is 13.0. The molecule has 2 unspecified atom stereocenters. The number of allylic oxidation sites excluding steroid dienone is 17. The highest BCUT2D eigenvalue weighted by Crippen LogP contribution is 2.39. The first kappa shape index (κ1) is 59.2. The van der Waals surface area contributed by atoms with Crippen LogP contribution in [0, 0.1) is 31.6 Å². The monoisotopic (exact) mass is 1140 g/mol. The number of rotatable bonds is 19. The molecule has 0 aliphatic heterocycles. The number of benzene rings is 7. The highest BCUT2D eigenvalue weighted by Gasteiger charge is 2.25. The molecule has 0 N–H and O–H groups in total. The molecule has 0 fully saturated rings. The zero-order chi connectivity index (χ0) is 60.2. The Morgan fingerprint density at radius 3 is 2.00 bits per heavy atom. The molecule has 0 saturated heterocycles. The van der Waals surface area contributed by atoms with E-state index in [9.17, 15) is 0 Å². The van der Waals surface area contributed by atoms with Crippen LogP contribution in [0.1, 0.15) is 151 Å². The number of fused-ring (bicyclic) bond motifs is 1. The van der Waals surface area contributed by atoms with Crippen molar-refractivity contribution in [3.05, 3.63) is 332 Å². The number of hydrogen-bond donors (Lipinski definition) is 0. The minimum absolute atomic E-state index is 0.0746. The van der Waals surface area contributed by atoms with E-state index in [4.69, 9.17) is 0 Å². The van der Waals surface area contributed by atoms with Crippen molar-refractivity contribution in [1.29, 1.82) is 0 Å². The predicted molar refractivity (Wildman–Crippen MR) is 378 cm³/mol. The Morgan fingerprint density at radius 2 is 1.33 bits per heavy atom. The van der Waals surface area contributed by atoms with Crippen LogP contribution in [0.2, 0.25) is 0 Å². The molecule has 0 saturated carbocycles. The standard InChI is InChI=1S/C86H84N2/c1-6-65-30-47-80(48-31-65)87(82-52-35-68(36-53-82)58-85(71-17-9-7-10-18-71)73-39-24-63(4)25-40-73)79-23-15-16-66(32-49-79)28-43-77-60-75-21-13-14-22-76(75)61-78(77)44-29-67-33-50-81(51-34-67)88(84-56-45-70(46-57-84)62(2)3)83-54-37-69(38-55-83)59-86(72-19-11-8-12-20-72)74-41-26-64(5)27-42-74/h7-9,11-13,16-17,19-21,24-27,29-31,33-35,37,39-42,44-48,50-52,54-62,69,79H,6,10,14-15,18,22-23,28,36,38,43,53H2,1-5H3/b44-29+,85-58+,86-59+. The van der Waals surface area contributed by atoms with Gasteiger partial charge in [0.2, 0.25) is 0 Å². The molecule has 2 nitrogen and oxygen atoms in total. The molecule has 5 aliphatic carbocycles. The SMILES string of the molecule is CCc1ccc(N(C2=CC=C(/C=C(\C3=CC=CCC3)c3ccc(C)cc3)CC2)C2C#CC(CCc3cc4c(cc3/C=C/c3ccc(N(C5=CCC(/C=C(\c6ccccc6)c6ccc(C)cc6)C=C5)c5ccc(C(C)C)cc5)cc3)CCC=C4)=CCC2)cc1. The van der Waals surface area contributed by atoms with Crippen molar-refractivity contribution >= 4 is 46.4 Å². The van der Waals surface area contributed by atoms with Gasteiger partial charge >= 0.3 is 0 Å². The Hall–Kier alpha value is -9.16. The molecule has 0 radical (unpaired) electrons. The quantitative estimate of drug-likeness (QED) is 0.0588. The van der Waals surface area contributed by atoms with Crippen molar-refractivity contribution < 1.29 is 0 Å². The van der Waals surface area contributed by atoms with Gasteiger partial charge in [0.05, 0.1) is 6.04 Å². The van der Waals surface area contributed by atoms with E-state index in [0.717, 1.165) is 88.4 Å². The summed E-state index contributed by atoms with van der Waals surface area (Å²) in [5.74, 6) is 8.39. The van der Waals surface area contributed by atoms with E-state index < -0.39 is 0 Å². The van der Waals surface area contributed by atoms with E-state index in [2.05, 4.69) is 311 Å². The Bertz CT molecular complexity index is 4030. The maximum atomic E-state index is 3.87. The van der Waals surface area contributed by atoms with Crippen LogP contribution in [0.3, 0.4) is 0 Å². The van der Waals surface area contributed by atoms with Crippen LogP contribution >= 0.6 is 0 Å². The van der Waals surface area contributed by atoms with Crippen LogP contribution < -0.4 is 9.80 Å². The van der Waals surface area contributed by atoms with Crippen molar-refractivity contribution in [3.8, 4) is 11.8 Å². The third-order valence-corrected chi connectivity index (χ3v) is 18.3. The summed E-state index contributed by atoms with van der Waals surface area (Å²) in [6.07, 6.45) is 47.4. The van der Waals surface area contributed by atoms with Crippen molar-refractivity contribution in [2.75, 3.05) is 9.80 Å². The van der Waals surface area contributed by atoms with E-state index in [0.29, 0.717) is 5.92 Å². The predicted octanol–water partition coefficient (Wildman–Crippen LogP) is 22.3. The largest absolute Gasteiger partial charge is 0.331 e. The lowest BCUT2D eigenvalue weighted by atomic mass is 9.88. The summed E-state index contributed by atoms with van der Waals surface area (Å²) in [6, 6.07) is 61.4. The second-order valence-electron chi connectivity index (χ2n) is 24.9.